The molecule has 0 aromatic heterocycles. The van der Waals surface area contributed by atoms with E-state index in [1.54, 1.807) is 0 Å². The molecule has 1 amide bonds. The van der Waals surface area contributed by atoms with E-state index in [1.165, 1.54) is 4.90 Å². The molecule has 1 atom stereocenters. The highest BCUT2D eigenvalue weighted by molar-refractivity contribution is 6.62. The molecule has 1 N–H and O–H groups in total. The van der Waals surface area contributed by atoms with Gasteiger partial charge in [0.15, 0.2) is 0 Å². The molecule has 2 fully saturated rings. The zero-order chi connectivity index (χ0) is 18.2. The third-order valence-electron chi connectivity index (χ3n) is 5.36. The largest absolute Gasteiger partial charge is 0.494 e. The number of benzene rings is 1. The molecular formula is C18H26BNO5. The summed E-state index contributed by atoms with van der Waals surface area (Å²) in [6.07, 6.45) is 0.697. The van der Waals surface area contributed by atoms with Crippen molar-refractivity contribution in [3.63, 3.8) is 0 Å². The highest BCUT2D eigenvalue weighted by Gasteiger charge is 2.51. The summed E-state index contributed by atoms with van der Waals surface area (Å²) in [5.74, 6) is 0.734. The van der Waals surface area contributed by atoms with E-state index in [0.29, 0.717) is 13.1 Å². The Hall–Kier alpha value is -1.73. The molecule has 2 aliphatic rings. The molecule has 3 rings (SSSR count). The number of carboxylic acid groups (broad SMARTS) is 1. The molecule has 2 saturated heterocycles. The van der Waals surface area contributed by atoms with Gasteiger partial charge in [-0.25, -0.2) is 4.79 Å². The summed E-state index contributed by atoms with van der Waals surface area (Å²) in [4.78, 5) is 12.5. The van der Waals surface area contributed by atoms with E-state index >= 15 is 0 Å². The molecule has 2 aliphatic heterocycles. The van der Waals surface area contributed by atoms with Crippen LogP contribution in [-0.2, 0) is 9.31 Å². The second-order valence-corrected chi connectivity index (χ2v) is 7.77. The summed E-state index contributed by atoms with van der Waals surface area (Å²) in [6.45, 7) is 9.11. The van der Waals surface area contributed by atoms with Gasteiger partial charge in [-0.05, 0) is 58.1 Å². The molecule has 7 heteroatoms. The molecule has 0 bridgehead atoms. The number of rotatable bonds is 3. The maximum absolute atomic E-state index is 11.1. The van der Waals surface area contributed by atoms with Gasteiger partial charge in [-0.2, -0.15) is 0 Å². The summed E-state index contributed by atoms with van der Waals surface area (Å²) in [5, 5.41) is 9.11. The molecule has 25 heavy (non-hydrogen) atoms. The average Bonchev–Trinajstić information content (AvgIpc) is 2.76. The van der Waals surface area contributed by atoms with Crippen LogP contribution < -0.4 is 10.2 Å². The fourth-order valence-electron chi connectivity index (χ4n) is 3.08. The van der Waals surface area contributed by atoms with Crippen molar-refractivity contribution in [1.29, 1.82) is 0 Å². The van der Waals surface area contributed by atoms with Crippen LogP contribution in [0.2, 0.25) is 0 Å². The summed E-state index contributed by atoms with van der Waals surface area (Å²) < 4.78 is 18.0. The van der Waals surface area contributed by atoms with Crippen molar-refractivity contribution in [3.05, 3.63) is 24.3 Å². The predicted octanol–water partition coefficient (Wildman–Crippen LogP) is 2.51. The van der Waals surface area contributed by atoms with Crippen LogP contribution in [0.1, 0.15) is 40.5 Å². The Morgan fingerprint density at radius 3 is 2.36 bits per heavy atom. The average molecular weight is 347 g/mol. The number of nitrogens with zero attached hydrogens (tertiary/aromatic N) is 1. The summed E-state index contributed by atoms with van der Waals surface area (Å²) in [6, 6.07) is 7.66. The van der Waals surface area contributed by atoms with Crippen molar-refractivity contribution in [2.45, 2.75) is 57.8 Å². The summed E-state index contributed by atoms with van der Waals surface area (Å²) >= 11 is 0. The van der Waals surface area contributed by atoms with Crippen LogP contribution in [0.4, 0.5) is 4.79 Å². The fourth-order valence-corrected chi connectivity index (χ4v) is 3.08. The van der Waals surface area contributed by atoms with E-state index in [2.05, 4.69) is 0 Å². The van der Waals surface area contributed by atoms with Crippen LogP contribution in [-0.4, -0.2) is 53.6 Å². The highest BCUT2D eigenvalue weighted by Crippen LogP contribution is 2.36. The molecule has 0 radical (unpaired) electrons. The van der Waals surface area contributed by atoms with E-state index in [1.807, 2.05) is 52.0 Å². The first-order valence-electron chi connectivity index (χ1n) is 8.78. The van der Waals surface area contributed by atoms with E-state index in [-0.39, 0.29) is 17.3 Å². The Kier molecular flexibility index (Phi) is 4.73. The lowest BCUT2D eigenvalue weighted by atomic mass is 9.79. The number of hydrogen-bond acceptors (Lipinski definition) is 4. The first-order valence-corrected chi connectivity index (χ1v) is 8.78. The van der Waals surface area contributed by atoms with Crippen LogP contribution in [0.3, 0.4) is 0 Å². The Morgan fingerprint density at radius 2 is 1.80 bits per heavy atom. The van der Waals surface area contributed by atoms with Crippen molar-refractivity contribution in [1.82, 2.24) is 4.90 Å². The molecule has 1 aromatic carbocycles. The smallest absolute Gasteiger partial charge is 0.489 e. The monoisotopic (exact) mass is 347 g/mol. The molecule has 0 spiro atoms. The first-order chi connectivity index (χ1) is 11.7. The van der Waals surface area contributed by atoms with Gasteiger partial charge in [-0.15, -0.1) is 0 Å². The van der Waals surface area contributed by atoms with Gasteiger partial charge >= 0.3 is 13.2 Å². The minimum absolute atomic E-state index is 0.104. The quantitative estimate of drug-likeness (QED) is 0.851. The molecule has 136 valence electrons. The van der Waals surface area contributed by atoms with Gasteiger partial charge in [0.2, 0.25) is 0 Å². The maximum Gasteiger partial charge on any atom is 0.494 e. The SMILES string of the molecule is CC1(C)OB(c2ccc(OC3CCCN(C(=O)O)C3)cc2)OC1(C)C. The van der Waals surface area contributed by atoms with Crippen molar-refractivity contribution in [3.8, 4) is 5.75 Å². The number of carbonyl (C=O) groups is 1. The number of amides is 1. The number of ether oxygens (including phenoxy) is 1. The Bertz CT molecular complexity index is 615. The summed E-state index contributed by atoms with van der Waals surface area (Å²) in [5.41, 5.74) is 0.214. The minimum atomic E-state index is -0.885. The molecular weight excluding hydrogens is 321 g/mol. The van der Waals surface area contributed by atoms with E-state index in [0.717, 1.165) is 24.1 Å². The molecule has 2 heterocycles. The highest BCUT2D eigenvalue weighted by atomic mass is 16.7. The Labute approximate surface area is 149 Å². The van der Waals surface area contributed by atoms with Gasteiger partial charge in [-0.3, -0.25) is 0 Å². The van der Waals surface area contributed by atoms with Crippen molar-refractivity contribution >= 4 is 18.7 Å². The lowest BCUT2D eigenvalue weighted by Gasteiger charge is -2.32. The fraction of sp³-hybridized carbons (Fsp3) is 0.611. The molecule has 1 unspecified atom stereocenters. The van der Waals surface area contributed by atoms with Crippen LogP contribution >= 0.6 is 0 Å². The van der Waals surface area contributed by atoms with Gasteiger partial charge in [0.25, 0.3) is 0 Å². The molecule has 1 aromatic rings. The zero-order valence-corrected chi connectivity index (χ0v) is 15.3. The van der Waals surface area contributed by atoms with Crippen LogP contribution in [0.15, 0.2) is 24.3 Å². The molecule has 0 saturated carbocycles. The van der Waals surface area contributed by atoms with E-state index in [9.17, 15) is 4.79 Å². The molecule has 0 aliphatic carbocycles. The van der Waals surface area contributed by atoms with Gasteiger partial charge in [0.1, 0.15) is 11.9 Å². The normalized spacial score (nSPS) is 25.0. The number of likely N-dealkylation sites (tertiary alicyclic amines) is 1. The van der Waals surface area contributed by atoms with Gasteiger partial charge in [0, 0.05) is 6.54 Å². The second-order valence-electron chi connectivity index (χ2n) is 7.77. The number of piperidine rings is 1. The van der Waals surface area contributed by atoms with E-state index < -0.39 is 13.2 Å². The molecule has 6 nitrogen and oxygen atoms in total. The topological polar surface area (TPSA) is 68.2 Å². The van der Waals surface area contributed by atoms with Crippen LogP contribution in [0.5, 0.6) is 5.75 Å². The van der Waals surface area contributed by atoms with Crippen molar-refractivity contribution in [2.75, 3.05) is 13.1 Å². The predicted molar refractivity (Wildman–Crippen MR) is 95.4 cm³/mol. The van der Waals surface area contributed by atoms with Crippen molar-refractivity contribution < 1.29 is 23.9 Å². The second kappa shape index (κ2) is 6.54. The van der Waals surface area contributed by atoms with Gasteiger partial charge in [-0.1, -0.05) is 12.1 Å². The lowest BCUT2D eigenvalue weighted by Crippen LogP contribution is -2.43. The van der Waals surface area contributed by atoms with E-state index in [4.69, 9.17) is 19.2 Å². The zero-order valence-electron chi connectivity index (χ0n) is 15.3. The van der Waals surface area contributed by atoms with Crippen LogP contribution in [0.25, 0.3) is 0 Å². The third-order valence-corrected chi connectivity index (χ3v) is 5.36. The third kappa shape index (κ3) is 3.77. The van der Waals surface area contributed by atoms with Gasteiger partial charge < -0.3 is 24.1 Å². The minimum Gasteiger partial charge on any atom is -0.489 e. The Morgan fingerprint density at radius 1 is 1.20 bits per heavy atom. The lowest BCUT2D eigenvalue weighted by molar-refractivity contribution is 0.00578. The first kappa shape index (κ1) is 18.1. The maximum atomic E-state index is 11.1. The van der Waals surface area contributed by atoms with Crippen LogP contribution in [0, 0.1) is 0 Å². The van der Waals surface area contributed by atoms with Gasteiger partial charge in [0.05, 0.1) is 17.7 Å². The Balaban J connectivity index is 1.62. The summed E-state index contributed by atoms with van der Waals surface area (Å²) in [7, 11) is -0.392. The van der Waals surface area contributed by atoms with Crippen molar-refractivity contribution in [2.24, 2.45) is 0 Å². The standard InChI is InChI=1S/C18H26BNO5/c1-17(2)18(3,4)25-19(24-17)13-7-9-14(10-8-13)23-15-6-5-11-20(12-15)16(21)22/h7-10,15H,5-6,11-12H2,1-4H3,(H,21,22). The number of hydrogen-bond donors (Lipinski definition) is 1.